The lowest BCUT2D eigenvalue weighted by Gasteiger charge is -2.32. The number of para-hydroxylation sites is 1. The predicted octanol–water partition coefficient (Wildman–Crippen LogP) is 4.97. The van der Waals surface area contributed by atoms with E-state index >= 15 is 0 Å². The van der Waals surface area contributed by atoms with Crippen molar-refractivity contribution >= 4 is 29.1 Å². The molecule has 3 rings (SSSR count). The molecule has 0 spiro atoms. The fourth-order valence-electron chi connectivity index (χ4n) is 2.76. The minimum atomic E-state index is -0.326. The van der Waals surface area contributed by atoms with Gasteiger partial charge in [-0.05, 0) is 43.7 Å². The SMILES string of the molecule is C=C(C)C(=O)OCCc1ccc2c(c1)Sc1ccccc1N2CC. The Labute approximate surface area is 147 Å². The van der Waals surface area contributed by atoms with Crippen molar-refractivity contribution in [3.8, 4) is 0 Å². The molecule has 0 saturated carbocycles. The molecule has 0 amide bonds. The summed E-state index contributed by atoms with van der Waals surface area (Å²) in [5.74, 6) is -0.326. The average molecular weight is 339 g/mol. The Morgan fingerprint density at radius 3 is 2.67 bits per heavy atom. The monoisotopic (exact) mass is 339 g/mol. The number of hydrogen-bond donors (Lipinski definition) is 0. The molecule has 1 aliphatic heterocycles. The number of benzene rings is 2. The van der Waals surface area contributed by atoms with Gasteiger partial charge >= 0.3 is 5.97 Å². The standard InChI is InChI=1S/C20H21NO2S/c1-4-21-16-7-5-6-8-18(16)24-19-13-15(9-10-17(19)21)11-12-23-20(22)14(2)3/h5-10,13H,2,4,11-12H2,1,3H3. The van der Waals surface area contributed by atoms with Crippen LogP contribution in [-0.2, 0) is 16.0 Å². The first-order valence-electron chi connectivity index (χ1n) is 8.10. The van der Waals surface area contributed by atoms with E-state index in [4.69, 9.17) is 4.74 Å². The highest BCUT2D eigenvalue weighted by Gasteiger charge is 2.22. The second kappa shape index (κ2) is 7.14. The third-order valence-electron chi connectivity index (χ3n) is 3.98. The molecule has 2 aromatic rings. The van der Waals surface area contributed by atoms with Crippen molar-refractivity contribution in [2.75, 3.05) is 18.1 Å². The maximum atomic E-state index is 11.5. The number of fused-ring (bicyclic) bond motifs is 2. The fraction of sp³-hybridized carbons (Fsp3) is 0.250. The number of carbonyl (C=O) groups is 1. The van der Waals surface area contributed by atoms with Crippen LogP contribution in [0.3, 0.4) is 0 Å². The van der Waals surface area contributed by atoms with E-state index in [0.29, 0.717) is 18.6 Å². The average Bonchev–Trinajstić information content (AvgIpc) is 2.59. The van der Waals surface area contributed by atoms with Crippen molar-refractivity contribution in [3.63, 3.8) is 0 Å². The second-order valence-corrected chi connectivity index (χ2v) is 6.87. The first-order chi connectivity index (χ1) is 11.6. The Kier molecular flexibility index (Phi) is 4.95. The predicted molar refractivity (Wildman–Crippen MR) is 99.2 cm³/mol. The normalized spacial score (nSPS) is 12.3. The van der Waals surface area contributed by atoms with Gasteiger partial charge in [-0.2, -0.15) is 0 Å². The van der Waals surface area contributed by atoms with Gasteiger partial charge in [0.1, 0.15) is 0 Å². The zero-order valence-electron chi connectivity index (χ0n) is 14.0. The minimum absolute atomic E-state index is 0.326. The van der Waals surface area contributed by atoms with Crippen LogP contribution < -0.4 is 4.90 Å². The van der Waals surface area contributed by atoms with Crippen LogP contribution in [0.25, 0.3) is 0 Å². The van der Waals surface area contributed by atoms with E-state index in [1.807, 2.05) is 0 Å². The van der Waals surface area contributed by atoms with Crippen LogP contribution >= 0.6 is 11.8 Å². The first-order valence-corrected chi connectivity index (χ1v) is 8.91. The third kappa shape index (κ3) is 3.34. The van der Waals surface area contributed by atoms with Gasteiger partial charge in [-0.25, -0.2) is 4.79 Å². The van der Waals surface area contributed by atoms with Gasteiger partial charge in [0.15, 0.2) is 0 Å². The van der Waals surface area contributed by atoms with E-state index in [-0.39, 0.29) is 5.97 Å². The molecule has 0 atom stereocenters. The topological polar surface area (TPSA) is 29.5 Å². The third-order valence-corrected chi connectivity index (χ3v) is 5.09. The summed E-state index contributed by atoms with van der Waals surface area (Å²) in [5, 5.41) is 0. The highest BCUT2D eigenvalue weighted by molar-refractivity contribution is 7.99. The van der Waals surface area contributed by atoms with Gasteiger partial charge in [-0.1, -0.05) is 36.5 Å². The second-order valence-electron chi connectivity index (χ2n) is 5.78. The summed E-state index contributed by atoms with van der Waals surface area (Å²) < 4.78 is 5.19. The van der Waals surface area contributed by atoms with Crippen LogP contribution in [0.4, 0.5) is 11.4 Å². The number of anilines is 2. The van der Waals surface area contributed by atoms with Crippen molar-refractivity contribution in [3.05, 3.63) is 60.2 Å². The van der Waals surface area contributed by atoms with Crippen LogP contribution in [0.2, 0.25) is 0 Å². The lowest BCUT2D eigenvalue weighted by molar-refractivity contribution is -0.138. The molecule has 1 heterocycles. The Balaban J connectivity index is 1.77. The molecule has 3 nitrogen and oxygen atoms in total. The van der Waals surface area contributed by atoms with Crippen LogP contribution in [0.5, 0.6) is 0 Å². The van der Waals surface area contributed by atoms with E-state index in [1.54, 1.807) is 18.7 Å². The van der Waals surface area contributed by atoms with E-state index in [2.05, 4.69) is 60.9 Å². The number of ether oxygens (including phenoxy) is 1. The van der Waals surface area contributed by atoms with E-state index in [0.717, 1.165) is 6.54 Å². The molecule has 0 bridgehead atoms. The van der Waals surface area contributed by atoms with Gasteiger partial charge in [-0.3, -0.25) is 0 Å². The smallest absolute Gasteiger partial charge is 0.333 e. The molecule has 0 saturated heterocycles. The number of carbonyl (C=O) groups excluding carboxylic acids is 1. The van der Waals surface area contributed by atoms with Crippen LogP contribution in [0, 0.1) is 0 Å². The molecular weight excluding hydrogens is 318 g/mol. The maximum absolute atomic E-state index is 11.5. The van der Waals surface area contributed by atoms with Gasteiger partial charge in [0.2, 0.25) is 0 Å². The fourth-order valence-corrected chi connectivity index (χ4v) is 3.92. The molecule has 0 fully saturated rings. The summed E-state index contributed by atoms with van der Waals surface area (Å²) in [6.45, 7) is 8.73. The van der Waals surface area contributed by atoms with Crippen LogP contribution in [0.15, 0.2) is 64.4 Å². The van der Waals surface area contributed by atoms with E-state index in [1.165, 1.54) is 26.7 Å². The van der Waals surface area contributed by atoms with Crippen molar-refractivity contribution in [2.24, 2.45) is 0 Å². The van der Waals surface area contributed by atoms with Gasteiger partial charge in [0.25, 0.3) is 0 Å². The Morgan fingerprint density at radius 1 is 1.17 bits per heavy atom. The minimum Gasteiger partial charge on any atom is -0.462 e. The Hall–Kier alpha value is -2.20. The zero-order chi connectivity index (χ0) is 17.1. The van der Waals surface area contributed by atoms with Gasteiger partial charge < -0.3 is 9.64 Å². The van der Waals surface area contributed by atoms with Gasteiger partial charge in [0, 0.05) is 28.3 Å². The molecule has 2 aromatic carbocycles. The molecule has 24 heavy (non-hydrogen) atoms. The molecule has 124 valence electrons. The lowest BCUT2D eigenvalue weighted by Crippen LogP contribution is -2.20. The molecule has 1 aliphatic rings. The Bertz CT molecular complexity index is 785. The summed E-state index contributed by atoms with van der Waals surface area (Å²) in [7, 11) is 0. The van der Waals surface area contributed by atoms with Crippen LogP contribution in [0.1, 0.15) is 19.4 Å². The van der Waals surface area contributed by atoms with Crippen molar-refractivity contribution < 1.29 is 9.53 Å². The molecule has 4 heteroatoms. The zero-order valence-corrected chi connectivity index (χ0v) is 14.9. The maximum Gasteiger partial charge on any atom is 0.333 e. The highest BCUT2D eigenvalue weighted by atomic mass is 32.2. The lowest BCUT2D eigenvalue weighted by atomic mass is 10.1. The largest absolute Gasteiger partial charge is 0.462 e. The Morgan fingerprint density at radius 2 is 1.92 bits per heavy atom. The quantitative estimate of drug-likeness (QED) is 0.568. The first kappa shape index (κ1) is 16.7. The summed E-state index contributed by atoms with van der Waals surface area (Å²) in [4.78, 5) is 16.3. The van der Waals surface area contributed by atoms with Crippen molar-refractivity contribution in [1.29, 1.82) is 0 Å². The number of hydrogen-bond acceptors (Lipinski definition) is 4. The number of rotatable bonds is 5. The molecule has 0 N–H and O–H groups in total. The summed E-state index contributed by atoms with van der Waals surface area (Å²) in [6.07, 6.45) is 0.709. The number of nitrogens with zero attached hydrogens (tertiary/aromatic N) is 1. The van der Waals surface area contributed by atoms with Gasteiger partial charge in [-0.15, -0.1) is 0 Å². The van der Waals surface area contributed by atoms with Gasteiger partial charge in [0.05, 0.1) is 18.0 Å². The molecule has 0 aliphatic carbocycles. The van der Waals surface area contributed by atoms with E-state index < -0.39 is 0 Å². The van der Waals surface area contributed by atoms with Crippen molar-refractivity contribution in [2.45, 2.75) is 30.1 Å². The van der Waals surface area contributed by atoms with Crippen LogP contribution in [-0.4, -0.2) is 19.1 Å². The summed E-state index contributed by atoms with van der Waals surface area (Å²) >= 11 is 1.80. The van der Waals surface area contributed by atoms with Crippen molar-refractivity contribution in [1.82, 2.24) is 0 Å². The summed E-state index contributed by atoms with van der Waals surface area (Å²) in [5.41, 5.74) is 4.11. The molecule has 0 aromatic heterocycles. The molecular formula is C20H21NO2S. The van der Waals surface area contributed by atoms with E-state index in [9.17, 15) is 4.79 Å². The molecule has 0 radical (unpaired) electrons. The summed E-state index contributed by atoms with van der Waals surface area (Å²) in [6, 6.07) is 15.0. The molecule has 0 unspecified atom stereocenters. The highest BCUT2D eigenvalue weighted by Crippen LogP contribution is 2.48. The number of esters is 1.